The van der Waals surface area contributed by atoms with Crippen molar-refractivity contribution in [2.45, 2.75) is 13.3 Å². The van der Waals surface area contributed by atoms with E-state index in [0.717, 1.165) is 6.42 Å². The van der Waals surface area contributed by atoms with E-state index in [-0.39, 0.29) is 21.8 Å². The SMILES string of the molecule is CCOCCCNC(=O)c1nc(Cl)ccc1Cl. The smallest absolute Gasteiger partial charge is 0.271 e. The lowest BCUT2D eigenvalue weighted by atomic mass is 10.3. The van der Waals surface area contributed by atoms with Crippen molar-refractivity contribution < 1.29 is 9.53 Å². The Labute approximate surface area is 110 Å². The number of hydrogen-bond acceptors (Lipinski definition) is 3. The van der Waals surface area contributed by atoms with Crippen molar-refractivity contribution in [2.24, 2.45) is 0 Å². The fraction of sp³-hybridized carbons (Fsp3) is 0.455. The van der Waals surface area contributed by atoms with Crippen LogP contribution in [0.25, 0.3) is 0 Å². The molecule has 17 heavy (non-hydrogen) atoms. The number of amides is 1. The molecular formula is C11H14Cl2N2O2. The molecule has 0 radical (unpaired) electrons. The van der Waals surface area contributed by atoms with Gasteiger partial charge in [0.15, 0.2) is 0 Å². The summed E-state index contributed by atoms with van der Waals surface area (Å²) >= 11 is 11.5. The second kappa shape index (κ2) is 7.48. The van der Waals surface area contributed by atoms with Crippen LogP contribution in [0.4, 0.5) is 0 Å². The summed E-state index contributed by atoms with van der Waals surface area (Å²) in [5, 5.41) is 3.23. The normalized spacial score (nSPS) is 10.3. The minimum atomic E-state index is -0.325. The Balaban J connectivity index is 2.44. The van der Waals surface area contributed by atoms with Crippen LogP contribution >= 0.6 is 23.2 Å². The molecule has 1 rings (SSSR count). The van der Waals surface area contributed by atoms with Gasteiger partial charge in [0.2, 0.25) is 0 Å². The average molecular weight is 277 g/mol. The maximum absolute atomic E-state index is 11.7. The molecule has 0 aromatic carbocycles. The molecule has 0 aliphatic rings. The van der Waals surface area contributed by atoms with Gasteiger partial charge in [-0.05, 0) is 25.5 Å². The predicted molar refractivity (Wildman–Crippen MR) is 67.7 cm³/mol. The number of hydrogen-bond donors (Lipinski definition) is 1. The molecule has 0 saturated carbocycles. The summed E-state index contributed by atoms with van der Waals surface area (Å²) < 4.78 is 5.15. The third-order valence-electron chi connectivity index (χ3n) is 1.98. The first-order chi connectivity index (χ1) is 8.15. The number of rotatable bonds is 6. The summed E-state index contributed by atoms with van der Waals surface area (Å²) in [5.74, 6) is -0.325. The van der Waals surface area contributed by atoms with Gasteiger partial charge in [0.1, 0.15) is 10.8 Å². The van der Waals surface area contributed by atoms with Crippen molar-refractivity contribution in [1.29, 1.82) is 0 Å². The molecular weight excluding hydrogens is 263 g/mol. The summed E-state index contributed by atoms with van der Waals surface area (Å²) in [6.07, 6.45) is 0.748. The molecule has 0 spiro atoms. The van der Waals surface area contributed by atoms with E-state index in [1.165, 1.54) is 6.07 Å². The number of carbonyl (C=O) groups is 1. The number of halogens is 2. The zero-order valence-corrected chi connectivity index (χ0v) is 11.0. The largest absolute Gasteiger partial charge is 0.382 e. The molecule has 0 aliphatic heterocycles. The van der Waals surface area contributed by atoms with Crippen LogP contribution in [0, 0.1) is 0 Å². The average Bonchev–Trinajstić information content (AvgIpc) is 2.32. The molecule has 4 nitrogen and oxygen atoms in total. The van der Waals surface area contributed by atoms with E-state index in [1.807, 2.05) is 6.92 Å². The molecule has 0 unspecified atom stereocenters. The zero-order valence-electron chi connectivity index (χ0n) is 9.50. The Morgan fingerprint density at radius 1 is 1.47 bits per heavy atom. The maximum Gasteiger partial charge on any atom is 0.271 e. The first kappa shape index (κ1) is 14.2. The van der Waals surface area contributed by atoms with Crippen molar-refractivity contribution in [2.75, 3.05) is 19.8 Å². The number of ether oxygens (including phenoxy) is 1. The summed E-state index contributed by atoms with van der Waals surface area (Å²) in [7, 11) is 0. The fourth-order valence-corrected chi connectivity index (χ4v) is 1.52. The highest BCUT2D eigenvalue weighted by molar-refractivity contribution is 6.34. The predicted octanol–water partition coefficient (Wildman–Crippen LogP) is 2.54. The first-order valence-corrected chi connectivity index (χ1v) is 6.08. The monoisotopic (exact) mass is 276 g/mol. The quantitative estimate of drug-likeness (QED) is 0.642. The van der Waals surface area contributed by atoms with Gasteiger partial charge < -0.3 is 10.1 Å². The van der Waals surface area contributed by atoms with Crippen LogP contribution in [-0.2, 0) is 4.74 Å². The van der Waals surface area contributed by atoms with Crippen LogP contribution in [0.2, 0.25) is 10.2 Å². The number of nitrogens with zero attached hydrogens (tertiary/aromatic N) is 1. The van der Waals surface area contributed by atoms with E-state index in [9.17, 15) is 4.79 Å². The third-order valence-corrected chi connectivity index (χ3v) is 2.50. The van der Waals surface area contributed by atoms with Crippen molar-refractivity contribution >= 4 is 29.1 Å². The molecule has 0 aliphatic carbocycles. The lowest BCUT2D eigenvalue weighted by Crippen LogP contribution is -2.26. The van der Waals surface area contributed by atoms with Crippen molar-refractivity contribution in [3.63, 3.8) is 0 Å². The standard InChI is InChI=1S/C11H14Cl2N2O2/c1-2-17-7-3-6-14-11(16)10-8(12)4-5-9(13)15-10/h4-5H,2-3,6-7H2,1H3,(H,14,16). The summed E-state index contributed by atoms with van der Waals surface area (Å²) in [4.78, 5) is 15.6. The molecule has 1 aromatic rings. The molecule has 6 heteroatoms. The highest BCUT2D eigenvalue weighted by atomic mass is 35.5. The molecule has 94 valence electrons. The molecule has 1 amide bonds. The Hall–Kier alpha value is -0.840. The molecule has 0 atom stereocenters. The van der Waals surface area contributed by atoms with Crippen molar-refractivity contribution in [3.8, 4) is 0 Å². The molecule has 1 aromatic heterocycles. The summed E-state index contributed by atoms with van der Waals surface area (Å²) in [5.41, 5.74) is 0.149. The van der Waals surface area contributed by atoms with Gasteiger partial charge in [-0.25, -0.2) is 4.98 Å². The first-order valence-electron chi connectivity index (χ1n) is 5.33. The molecule has 0 bridgehead atoms. The van der Waals surface area contributed by atoms with Gasteiger partial charge in [0, 0.05) is 19.8 Å². The van der Waals surface area contributed by atoms with Gasteiger partial charge in [-0.15, -0.1) is 0 Å². The van der Waals surface area contributed by atoms with Crippen LogP contribution in [0.1, 0.15) is 23.8 Å². The lowest BCUT2D eigenvalue weighted by molar-refractivity contribution is 0.0939. The van der Waals surface area contributed by atoms with E-state index in [2.05, 4.69) is 10.3 Å². The second-order valence-corrected chi connectivity index (χ2v) is 4.07. The highest BCUT2D eigenvalue weighted by Crippen LogP contribution is 2.16. The number of carbonyl (C=O) groups excluding carboxylic acids is 1. The van der Waals surface area contributed by atoms with E-state index < -0.39 is 0 Å². The second-order valence-electron chi connectivity index (χ2n) is 3.27. The highest BCUT2D eigenvalue weighted by Gasteiger charge is 2.11. The number of aromatic nitrogens is 1. The van der Waals surface area contributed by atoms with E-state index in [4.69, 9.17) is 27.9 Å². The van der Waals surface area contributed by atoms with Gasteiger partial charge in [0.05, 0.1) is 5.02 Å². The minimum absolute atomic E-state index is 0.149. The van der Waals surface area contributed by atoms with E-state index in [0.29, 0.717) is 19.8 Å². The Morgan fingerprint density at radius 2 is 2.24 bits per heavy atom. The molecule has 0 saturated heterocycles. The molecule has 0 fully saturated rings. The van der Waals surface area contributed by atoms with Crippen LogP contribution in [0.5, 0.6) is 0 Å². The van der Waals surface area contributed by atoms with Crippen LogP contribution in [-0.4, -0.2) is 30.6 Å². The van der Waals surface area contributed by atoms with Crippen LogP contribution in [0.15, 0.2) is 12.1 Å². The molecule has 1 N–H and O–H groups in total. The van der Waals surface area contributed by atoms with Gasteiger partial charge in [-0.2, -0.15) is 0 Å². The van der Waals surface area contributed by atoms with Crippen LogP contribution in [0.3, 0.4) is 0 Å². The summed E-state index contributed by atoms with van der Waals surface area (Å²) in [6, 6.07) is 3.09. The van der Waals surface area contributed by atoms with Gasteiger partial charge >= 0.3 is 0 Å². The van der Waals surface area contributed by atoms with Crippen molar-refractivity contribution in [1.82, 2.24) is 10.3 Å². The Morgan fingerprint density at radius 3 is 2.94 bits per heavy atom. The Bertz CT molecular complexity index is 386. The topological polar surface area (TPSA) is 51.2 Å². The minimum Gasteiger partial charge on any atom is -0.382 e. The van der Waals surface area contributed by atoms with Gasteiger partial charge in [-0.1, -0.05) is 23.2 Å². The van der Waals surface area contributed by atoms with Crippen molar-refractivity contribution in [3.05, 3.63) is 28.0 Å². The number of pyridine rings is 1. The maximum atomic E-state index is 11.7. The zero-order chi connectivity index (χ0) is 12.7. The lowest BCUT2D eigenvalue weighted by Gasteiger charge is -2.06. The Kier molecular flexibility index (Phi) is 6.26. The summed E-state index contributed by atoms with van der Waals surface area (Å²) in [6.45, 7) is 3.74. The van der Waals surface area contributed by atoms with Gasteiger partial charge in [0.25, 0.3) is 5.91 Å². The van der Waals surface area contributed by atoms with E-state index >= 15 is 0 Å². The fourth-order valence-electron chi connectivity index (χ4n) is 1.18. The van der Waals surface area contributed by atoms with Crippen LogP contribution < -0.4 is 5.32 Å². The third kappa shape index (κ3) is 4.89. The number of nitrogens with one attached hydrogen (secondary N) is 1. The van der Waals surface area contributed by atoms with Gasteiger partial charge in [-0.3, -0.25) is 4.79 Å². The van der Waals surface area contributed by atoms with E-state index in [1.54, 1.807) is 6.07 Å². The molecule has 1 heterocycles.